The fourth-order valence-corrected chi connectivity index (χ4v) is 5.43. The highest BCUT2D eigenvalue weighted by atomic mass is 32.2. The molecule has 156 valence electrons. The average molecular weight is 413 g/mol. The number of methoxy groups -OCH3 is 2. The summed E-state index contributed by atoms with van der Waals surface area (Å²) in [6, 6.07) is 4.77. The molecule has 2 aliphatic rings. The third-order valence-corrected chi connectivity index (χ3v) is 7.45. The number of carbonyl (C=O) groups excluding carboxylic acids is 1. The second kappa shape index (κ2) is 9.11. The molecule has 2 aliphatic heterocycles. The molecule has 0 radical (unpaired) electrons. The molecule has 1 amide bonds. The summed E-state index contributed by atoms with van der Waals surface area (Å²) in [5.41, 5.74) is 0. The number of amides is 1. The van der Waals surface area contributed by atoms with Gasteiger partial charge in [0, 0.05) is 19.2 Å². The Bertz CT molecular complexity index is 785. The van der Waals surface area contributed by atoms with E-state index in [-0.39, 0.29) is 10.8 Å². The third kappa shape index (κ3) is 4.59. The molecule has 0 unspecified atom stereocenters. The number of rotatable bonds is 6. The summed E-state index contributed by atoms with van der Waals surface area (Å²) in [6.07, 6.45) is 3.35. The molecule has 2 saturated heterocycles. The molecule has 0 aromatic heterocycles. The van der Waals surface area contributed by atoms with Crippen LogP contribution in [-0.2, 0) is 14.8 Å². The maximum Gasteiger partial charge on any atom is 0.277 e. The summed E-state index contributed by atoms with van der Waals surface area (Å²) in [5, 5.41) is 0. The van der Waals surface area contributed by atoms with E-state index in [0.717, 1.165) is 30.8 Å². The van der Waals surface area contributed by atoms with Crippen molar-refractivity contribution in [2.45, 2.75) is 24.2 Å². The standard InChI is InChI=1S/C19H29N3O5S/c1-26-16-6-7-17(27-2)18(14-16)28(24,25)22-12-10-20(11-13-22)15-19(23)21-8-4-3-5-9-21/h6-7,14H,3-5,8-13,15H2,1-2H3/p+1. The highest BCUT2D eigenvalue weighted by molar-refractivity contribution is 7.89. The van der Waals surface area contributed by atoms with E-state index < -0.39 is 10.0 Å². The Morgan fingerprint density at radius 3 is 2.32 bits per heavy atom. The van der Waals surface area contributed by atoms with E-state index in [1.807, 2.05) is 4.90 Å². The summed E-state index contributed by atoms with van der Waals surface area (Å²) in [4.78, 5) is 15.7. The molecule has 3 rings (SSSR count). The molecule has 8 nitrogen and oxygen atoms in total. The van der Waals surface area contributed by atoms with Crippen LogP contribution in [0.15, 0.2) is 23.1 Å². The lowest BCUT2D eigenvalue weighted by Crippen LogP contribution is -3.15. The summed E-state index contributed by atoms with van der Waals surface area (Å²) >= 11 is 0. The maximum atomic E-state index is 13.1. The number of piperazine rings is 1. The zero-order chi connectivity index (χ0) is 20.1. The van der Waals surface area contributed by atoms with Gasteiger partial charge in [0.15, 0.2) is 6.54 Å². The highest BCUT2D eigenvalue weighted by Gasteiger charge is 2.34. The molecule has 0 spiro atoms. The fourth-order valence-electron chi connectivity index (χ4n) is 3.81. The van der Waals surface area contributed by atoms with Gasteiger partial charge in [-0.05, 0) is 31.4 Å². The number of sulfonamides is 1. The van der Waals surface area contributed by atoms with Crippen molar-refractivity contribution in [3.8, 4) is 11.5 Å². The van der Waals surface area contributed by atoms with Crippen molar-refractivity contribution in [2.24, 2.45) is 0 Å². The van der Waals surface area contributed by atoms with Crippen molar-refractivity contribution in [3.05, 3.63) is 18.2 Å². The Kier molecular flexibility index (Phi) is 6.79. The smallest absolute Gasteiger partial charge is 0.277 e. The number of nitrogens with one attached hydrogen (secondary N) is 1. The quantitative estimate of drug-likeness (QED) is 0.688. The molecule has 2 heterocycles. The van der Waals surface area contributed by atoms with Crippen LogP contribution in [0.25, 0.3) is 0 Å². The number of ether oxygens (including phenoxy) is 2. The number of likely N-dealkylation sites (tertiary alicyclic amines) is 1. The monoisotopic (exact) mass is 412 g/mol. The van der Waals surface area contributed by atoms with E-state index in [1.54, 1.807) is 12.1 Å². The third-order valence-electron chi connectivity index (χ3n) is 5.53. The van der Waals surface area contributed by atoms with E-state index in [9.17, 15) is 13.2 Å². The van der Waals surface area contributed by atoms with E-state index >= 15 is 0 Å². The van der Waals surface area contributed by atoms with E-state index in [0.29, 0.717) is 44.2 Å². The van der Waals surface area contributed by atoms with Gasteiger partial charge in [0.25, 0.3) is 5.91 Å². The molecule has 1 aromatic carbocycles. The Morgan fingerprint density at radius 2 is 1.71 bits per heavy atom. The molecule has 9 heteroatoms. The second-order valence-electron chi connectivity index (χ2n) is 7.29. The number of hydrogen-bond acceptors (Lipinski definition) is 5. The first kappa shape index (κ1) is 20.9. The van der Waals surface area contributed by atoms with Gasteiger partial charge in [-0.25, -0.2) is 8.42 Å². The Morgan fingerprint density at radius 1 is 1.04 bits per heavy atom. The number of nitrogens with zero attached hydrogens (tertiary/aromatic N) is 2. The molecular formula is C19H30N3O5S+. The van der Waals surface area contributed by atoms with Gasteiger partial charge in [-0.3, -0.25) is 4.79 Å². The molecule has 0 bridgehead atoms. The van der Waals surface area contributed by atoms with Crippen LogP contribution in [0.4, 0.5) is 0 Å². The van der Waals surface area contributed by atoms with Crippen molar-refractivity contribution in [1.29, 1.82) is 0 Å². The summed E-state index contributed by atoms with van der Waals surface area (Å²) in [6.45, 7) is 4.13. The number of carbonyl (C=O) groups is 1. The highest BCUT2D eigenvalue weighted by Crippen LogP contribution is 2.30. The van der Waals surface area contributed by atoms with Crippen LogP contribution < -0.4 is 14.4 Å². The van der Waals surface area contributed by atoms with E-state index in [1.165, 1.54) is 31.0 Å². The number of hydrogen-bond donors (Lipinski definition) is 1. The Hall–Kier alpha value is -1.84. The zero-order valence-electron chi connectivity index (χ0n) is 16.6. The van der Waals surface area contributed by atoms with Crippen LogP contribution in [0, 0.1) is 0 Å². The summed E-state index contributed by atoms with van der Waals surface area (Å²) in [7, 11) is -0.737. The van der Waals surface area contributed by atoms with Crippen LogP contribution in [-0.4, -0.2) is 83.6 Å². The number of piperidine rings is 1. The average Bonchev–Trinajstić information content (AvgIpc) is 2.74. The molecule has 2 fully saturated rings. The molecule has 0 saturated carbocycles. The van der Waals surface area contributed by atoms with Gasteiger partial charge in [-0.15, -0.1) is 0 Å². The lowest BCUT2D eigenvalue weighted by Gasteiger charge is -2.33. The van der Waals surface area contributed by atoms with Gasteiger partial charge in [-0.2, -0.15) is 4.31 Å². The minimum absolute atomic E-state index is 0.113. The van der Waals surface area contributed by atoms with Crippen molar-refractivity contribution in [1.82, 2.24) is 9.21 Å². The normalized spacial score (nSPS) is 19.4. The summed E-state index contributed by atoms with van der Waals surface area (Å²) < 4.78 is 38.1. The van der Waals surface area contributed by atoms with Crippen LogP contribution >= 0.6 is 0 Å². The van der Waals surface area contributed by atoms with Gasteiger partial charge >= 0.3 is 0 Å². The first-order valence-corrected chi connectivity index (χ1v) is 11.2. The topological polar surface area (TPSA) is 80.6 Å². The second-order valence-corrected chi connectivity index (χ2v) is 9.20. The Labute approximate surface area is 167 Å². The maximum absolute atomic E-state index is 13.1. The predicted octanol–water partition coefficient (Wildman–Crippen LogP) is -0.394. The molecular weight excluding hydrogens is 382 g/mol. The van der Waals surface area contributed by atoms with Crippen molar-refractivity contribution in [3.63, 3.8) is 0 Å². The van der Waals surface area contributed by atoms with Crippen LogP contribution in [0.5, 0.6) is 11.5 Å². The van der Waals surface area contributed by atoms with Gasteiger partial charge in [0.2, 0.25) is 10.0 Å². The minimum Gasteiger partial charge on any atom is -0.497 e. The van der Waals surface area contributed by atoms with Crippen LogP contribution in [0.2, 0.25) is 0 Å². The van der Waals surface area contributed by atoms with Gasteiger partial charge in [-0.1, -0.05) is 0 Å². The van der Waals surface area contributed by atoms with Crippen LogP contribution in [0.1, 0.15) is 19.3 Å². The van der Waals surface area contributed by atoms with Crippen LogP contribution in [0.3, 0.4) is 0 Å². The molecule has 0 aliphatic carbocycles. The SMILES string of the molecule is COc1ccc(OC)c(S(=O)(=O)N2CC[NH+](CC(=O)N3CCCCC3)CC2)c1. The molecule has 28 heavy (non-hydrogen) atoms. The molecule has 0 atom stereocenters. The van der Waals surface area contributed by atoms with Gasteiger partial charge < -0.3 is 19.3 Å². The Balaban J connectivity index is 1.63. The van der Waals surface area contributed by atoms with Gasteiger partial charge in [0.1, 0.15) is 16.4 Å². The van der Waals surface area contributed by atoms with E-state index in [4.69, 9.17) is 9.47 Å². The first-order chi connectivity index (χ1) is 13.5. The fraction of sp³-hybridized carbons (Fsp3) is 0.632. The number of quaternary nitrogens is 1. The first-order valence-electron chi connectivity index (χ1n) is 9.79. The van der Waals surface area contributed by atoms with Crippen molar-refractivity contribution >= 4 is 15.9 Å². The minimum atomic E-state index is -3.69. The summed E-state index contributed by atoms with van der Waals surface area (Å²) in [5.74, 6) is 0.951. The van der Waals surface area contributed by atoms with Crippen molar-refractivity contribution < 1.29 is 27.6 Å². The van der Waals surface area contributed by atoms with Gasteiger partial charge in [0.05, 0.1) is 40.4 Å². The largest absolute Gasteiger partial charge is 0.497 e. The molecule has 1 N–H and O–H groups in total. The lowest BCUT2D eigenvalue weighted by atomic mass is 10.1. The molecule has 1 aromatic rings. The zero-order valence-corrected chi connectivity index (χ0v) is 17.5. The predicted molar refractivity (Wildman–Crippen MR) is 104 cm³/mol. The lowest BCUT2D eigenvalue weighted by molar-refractivity contribution is -0.896. The van der Waals surface area contributed by atoms with E-state index in [2.05, 4.69) is 0 Å². The number of benzene rings is 1. The van der Waals surface area contributed by atoms with Crippen molar-refractivity contribution in [2.75, 3.05) is 60.0 Å².